The maximum atomic E-state index is 12.4. The third-order valence-corrected chi connectivity index (χ3v) is 4.36. The first-order valence-electron chi connectivity index (χ1n) is 8.59. The SMILES string of the molecule is CC(C)(C)OC(=O)N1CCCCC1CCCOc1ccc(Br)cn1. The van der Waals surface area contributed by atoms with Crippen LogP contribution in [0.4, 0.5) is 4.79 Å². The summed E-state index contributed by atoms with van der Waals surface area (Å²) in [5.41, 5.74) is -0.449. The van der Waals surface area contributed by atoms with Crippen LogP contribution in [0.25, 0.3) is 0 Å². The van der Waals surface area contributed by atoms with Gasteiger partial charge in [0.15, 0.2) is 0 Å². The summed E-state index contributed by atoms with van der Waals surface area (Å²) < 4.78 is 12.1. The molecule has 1 unspecified atom stereocenters. The second-order valence-electron chi connectivity index (χ2n) is 7.13. The summed E-state index contributed by atoms with van der Waals surface area (Å²) in [7, 11) is 0. The molecule has 0 radical (unpaired) electrons. The number of hydrogen-bond acceptors (Lipinski definition) is 4. The molecular weight excluding hydrogens is 372 g/mol. The molecule has 5 nitrogen and oxygen atoms in total. The number of hydrogen-bond donors (Lipinski definition) is 0. The number of amides is 1. The molecule has 1 saturated heterocycles. The van der Waals surface area contributed by atoms with Crippen molar-refractivity contribution in [1.82, 2.24) is 9.88 Å². The van der Waals surface area contributed by atoms with E-state index >= 15 is 0 Å². The van der Waals surface area contributed by atoms with Crippen molar-refractivity contribution in [2.45, 2.75) is 64.5 Å². The predicted molar refractivity (Wildman–Crippen MR) is 97.2 cm³/mol. The lowest BCUT2D eigenvalue weighted by Crippen LogP contribution is -2.46. The number of carbonyl (C=O) groups is 1. The number of pyridine rings is 1. The maximum absolute atomic E-state index is 12.4. The van der Waals surface area contributed by atoms with Gasteiger partial charge < -0.3 is 14.4 Å². The van der Waals surface area contributed by atoms with Crippen molar-refractivity contribution in [1.29, 1.82) is 0 Å². The van der Waals surface area contributed by atoms with E-state index in [1.807, 2.05) is 37.8 Å². The lowest BCUT2D eigenvalue weighted by molar-refractivity contribution is 0.00822. The molecule has 6 heteroatoms. The Kier molecular flexibility index (Phi) is 6.90. The van der Waals surface area contributed by atoms with Gasteiger partial charge in [0.2, 0.25) is 5.88 Å². The highest BCUT2D eigenvalue weighted by molar-refractivity contribution is 9.10. The van der Waals surface area contributed by atoms with E-state index in [2.05, 4.69) is 20.9 Å². The molecule has 2 heterocycles. The fourth-order valence-corrected chi connectivity index (χ4v) is 3.04. The monoisotopic (exact) mass is 398 g/mol. The molecule has 0 saturated carbocycles. The van der Waals surface area contributed by atoms with Crippen LogP contribution in [0.2, 0.25) is 0 Å². The number of likely N-dealkylation sites (tertiary alicyclic amines) is 1. The van der Waals surface area contributed by atoms with Gasteiger partial charge in [0.25, 0.3) is 0 Å². The summed E-state index contributed by atoms with van der Waals surface area (Å²) in [6.07, 6.45) is 6.60. The van der Waals surface area contributed by atoms with Crippen LogP contribution >= 0.6 is 15.9 Å². The fraction of sp³-hybridized carbons (Fsp3) is 0.667. The number of rotatable bonds is 5. The van der Waals surface area contributed by atoms with E-state index in [1.54, 1.807) is 6.20 Å². The second kappa shape index (κ2) is 8.70. The number of halogens is 1. The molecule has 0 aromatic carbocycles. The molecule has 0 aliphatic carbocycles. The molecular formula is C18H27BrN2O3. The van der Waals surface area contributed by atoms with Crippen molar-refractivity contribution in [3.8, 4) is 5.88 Å². The third kappa shape index (κ3) is 6.30. The molecule has 0 N–H and O–H groups in total. The van der Waals surface area contributed by atoms with Gasteiger partial charge in [0, 0.05) is 29.3 Å². The highest BCUT2D eigenvalue weighted by atomic mass is 79.9. The molecule has 0 spiro atoms. The normalized spacial score (nSPS) is 18.3. The highest BCUT2D eigenvalue weighted by Gasteiger charge is 2.30. The van der Waals surface area contributed by atoms with Gasteiger partial charge in [-0.3, -0.25) is 0 Å². The Bertz CT molecular complexity index is 528. The molecule has 1 fully saturated rings. The number of nitrogens with zero attached hydrogens (tertiary/aromatic N) is 2. The van der Waals surface area contributed by atoms with Gasteiger partial charge in [-0.25, -0.2) is 9.78 Å². The van der Waals surface area contributed by atoms with E-state index in [1.165, 1.54) is 6.42 Å². The van der Waals surface area contributed by atoms with Gasteiger partial charge in [0.05, 0.1) is 6.61 Å². The standard InChI is InChI=1S/C18H27BrN2O3/c1-18(2,3)24-17(22)21-11-5-4-7-15(21)8-6-12-23-16-10-9-14(19)13-20-16/h9-10,13,15H,4-8,11-12H2,1-3H3. The summed E-state index contributed by atoms with van der Waals surface area (Å²) in [5, 5.41) is 0. The van der Waals surface area contributed by atoms with Crippen LogP contribution in [0.1, 0.15) is 52.9 Å². The number of carbonyl (C=O) groups excluding carboxylic acids is 1. The maximum Gasteiger partial charge on any atom is 0.410 e. The molecule has 1 aromatic rings. The summed E-state index contributed by atoms with van der Waals surface area (Å²) in [6, 6.07) is 4.00. The van der Waals surface area contributed by atoms with Crippen LogP contribution < -0.4 is 4.74 Å². The molecule has 1 aliphatic rings. The Labute approximate surface area is 152 Å². The van der Waals surface area contributed by atoms with Crippen molar-refractivity contribution in [3.63, 3.8) is 0 Å². The van der Waals surface area contributed by atoms with Gasteiger partial charge in [-0.1, -0.05) is 0 Å². The molecule has 0 bridgehead atoms. The Morgan fingerprint density at radius 1 is 1.38 bits per heavy atom. The fourth-order valence-electron chi connectivity index (χ4n) is 2.80. The van der Waals surface area contributed by atoms with Crippen molar-refractivity contribution in [2.75, 3.05) is 13.2 Å². The zero-order valence-electron chi connectivity index (χ0n) is 14.8. The predicted octanol–water partition coefficient (Wildman–Crippen LogP) is 4.79. The molecule has 134 valence electrons. The average Bonchev–Trinajstić information content (AvgIpc) is 2.52. The number of aromatic nitrogens is 1. The lowest BCUT2D eigenvalue weighted by atomic mass is 9.98. The molecule has 1 aliphatic heterocycles. The van der Waals surface area contributed by atoms with E-state index < -0.39 is 5.60 Å². The second-order valence-corrected chi connectivity index (χ2v) is 8.04. The van der Waals surface area contributed by atoms with Gasteiger partial charge in [-0.2, -0.15) is 0 Å². The average molecular weight is 399 g/mol. The van der Waals surface area contributed by atoms with E-state index in [-0.39, 0.29) is 12.1 Å². The highest BCUT2D eigenvalue weighted by Crippen LogP contribution is 2.23. The van der Waals surface area contributed by atoms with Crippen LogP contribution in [-0.4, -0.2) is 40.8 Å². The topological polar surface area (TPSA) is 51.7 Å². The zero-order chi connectivity index (χ0) is 17.6. The van der Waals surface area contributed by atoms with Gasteiger partial charge >= 0.3 is 6.09 Å². The van der Waals surface area contributed by atoms with Gasteiger partial charge in [-0.15, -0.1) is 0 Å². The van der Waals surface area contributed by atoms with Crippen molar-refractivity contribution in [2.24, 2.45) is 0 Å². The van der Waals surface area contributed by atoms with E-state index in [0.29, 0.717) is 12.5 Å². The third-order valence-electron chi connectivity index (χ3n) is 3.89. The quantitative estimate of drug-likeness (QED) is 0.668. The minimum Gasteiger partial charge on any atom is -0.478 e. The summed E-state index contributed by atoms with van der Waals surface area (Å²) >= 11 is 3.35. The molecule has 1 atom stereocenters. The minimum absolute atomic E-state index is 0.192. The summed E-state index contributed by atoms with van der Waals surface area (Å²) in [5.74, 6) is 0.630. The van der Waals surface area contributed by atoms with E-state index in [0.717, 1.165) is 36.7 Å². The molecule has 2 rings (SSSR count). The Balaban J connectivity index is 1.78. The van der Waals surface area contributed by atoms with Crippen molar-refractivity contribution >= 4 is 22.0 Å². The smallest absolute Gasteiger partial charge is 0.410 e. The Morgan fingerprint density at radius 2 is 2.17 bits per heavy atom. The largest absolute Gasteiger partial charge is 0.478 e. The van der Waals surface area contributed by atoms with E-state index in [4.69, 9.17) is 9.47 Å². The zero-order valence-corrected chi connectivity index (χ0v) is 16.3. The lowest BCUT2D eigenvalue weighted by Gasteiger charge is -2.36. The number of piperidine rings is 1. The first-order valence-corrected chi connectivity index (χ1v) is 9.38. The van der Waals surface area contributed by atoms with Crippen LogP contribution in [0.15, 0.2) is 22.8 Å². The number of ether oxygens (including phenoxy) is 2. The minimum atomic E-state index is -0.449. The van der Waals surface area contributed by atoms with Gasteiger partial charge in [-0.05, 0) is 74.9 Å². The molecule has 1 amide bonds. The summed E-state index contributed by atoms with van der Waals surface area (Å²) in [6.45, 7) is 7.11. The molecule has 24 heavy (non-hydrogen) atoms. The Hall–Kier alpha value is -1.30. The van der Waals surface area contributed by atoms with Gasteiger partial charge in [0.1, 0.15) is 5.60 Å². The summed E-state index contributed by atoms with van der Waals surface area (Å²) in [4.78, 5) is 18.5. The van der Waals surface area contributed by atoms with Crippen LogP contribution in [0, 0.1) is 0 Å². The van der Waals surface area contributed by atoms with Crippen LogP contribution in [-0.2, 0) is 4.74 Å². The van der Waals surface area contributed by atoms with Crippen LogP contribution in [0.3, 0.4) is 0 Å². The van der Waals surface area contributed by atoms with Crippen LogP contribution in [0.5, 0.6) is 5.88 Å². The van der Waals surface area contributed by atoms with Crippen molar-refractivity contribution in [3.05, 3.63) is 22.8 Å². The first-order chi connectivity index (χ1) is 11.3. The van der Waals surface area contributed by atoms with Crippen molar-refractivity contribution < 1.29 is 14.3 Å². The molecule has 1 aromatic heterocycles. The Morgan fingerprint density at radius 3 is 2.83 bits per heavy atom. The first kappa shape index (κ1) is 19.0. The van der Waals surface area contributed by atoms with E-state index in [9.17, 15) is 4.79 Å².